The van der Waals surface area contributed by atoms with Crippen molar-refractivity contribution in [1.29, 1.82) is 0 Å². The first-order chi connectivity index (χ1) is 13.2. The molecule has 3 rings (SSSR count). The second kappa shape index (κ2) is 7.93. The van der Waals surface area contributed by atoms with E-state index in [4.69, 9.17) is 0 Å². The predicted molar refractivity (Wildman–Crippen MR) is 124 cm³/mol. The van der Waals surface area contributed by atoms with Gasteiger partial charge in [0, 0.05) is 23.2 Å². The molecule has 152 valence electrons. The number of benzene rings is 2. The van der Waals surface area contributed by atoms with E-state index in [1.165, 1.54) is 40.8 Å². The van der Waals surface area contributed by atoms with Gasteiger partial charge in [-0.2, -0.15) is 0 Å². The van der Waals surface area contributed by atoms with E-state index in [2.05, 4.69) is 95.8 Å². The highest BCUT2D eigenvalue weighted by molar-refractivity contribution is 5.63. The summed E-state index contributed by atoms with van der Waals surface area (Å²) in [6, 6.07) is 16.3. The van der Waals surface area contributed by atoms with Gasteiger partial charge in [0.2, 0.25) is 0 Å². The molecule has 1 aliphatic rings. The minimum atomic E-state index is 0.153. The van der Waals surface area contributed by atoms with Crippen LogP contribution in [0.5, 0.6) is 0 Å². The van der Waals surface area contributed by atoms with Gasteiger partial charge in [0.05, 0.1) is 0 Å². The van der Waals surface area contributed by atoms with Gasteiger partial charge in [-0.1, -0.05) is 76.6 Å². The first-order valence-electron chi connectivity index (χ1n) is 11.1. The molecule has 1 saturated heterocycles. The molecule has 0 spiro atoms. The summed E-state index contributed by atoms with van der Waals surface area (Å²) in [5.41, 5.74) is 7.69. The fraction of sp³-hybridized carbons (Fsp3) is 0.556. The molecule has 1 unspecified atom stereocenters. The molecule has 0 amide bonds. The van der Waals surface area contributed by atoms with Crippen LogP contribution in [0.4, 0.5) is 5.69 Å². The maximum absolute atomic E-state index is 2.70. The summed E-state index contributed by atoms with van der Waals surface area (Å²) in [6.45, 7) is 17.5. The molecule has 0 saturated carbocycles. The molecule has 1 heterocycles. The highest BCUT2D eigenvalue weighted by Gasteiger charge is 2.47. The smallest absolute Gasteiger partial charge is 0.0433 e. The zero-order chi connectivity index (χ0) is 20.5. The lowest BCUT2D eigenvalue weighted by Crippen LogP contribution is -2.39. The van der Waals surface area contributed by atoms with Crippen LogP contribution in [0.1, 0.15) is 76.6 Å². The molecule has 28 heavy (non-hydrogen) atoms. The van der Waals surface area contributed by atoms with Crippen molar-refractivity contribution in [1.82, 2.24) is 0 Å². The third-order valence-electron chi connectivity index (χ3n) is 6.47. The van der Waals surface area contributed by atoms with Crippen molar-refractivity contribution >= 4 is 5.69 Å². The molecule has 1 heteroatoms. The summed E-state index contributed by atoms with van der Waals surface area (Å²) >= 11 is 0. The largest absolute Gasteiger partial charge is 0.365 e. The second-order valence-electron chi connectivity index (χ2n) is 10.3. The Morgan fingerprint density at radius 3 is 2.29 bits per heavy atom. The molecule has 1 nitrogen and oxygen atoms in total. The standard InChI is InChI=1S/C27H39N/c1-8-10-23-12-9-11-21(4)25(23)28-19-27(7,18-26(28,5)6)24-15-13-22(14-16-24)17-20(2)3/h9,11-16,20H,8,10,17-19H2,1-7H3. The third-order valence-corrected chi connectivity index (χ3v) is 6.47. The summed E-state index contributed by atoms with van der Waals surface area (Å²) < 4.78 is 0. The molecular formula is C27H39N. The average Bonchev–Trinajstić information content (AvgIpc) is 2.85. The Bertz CT molecular complexity index is 800. The summed E-state index contributed by atoms with van der Waals surface area (Å²) in [4.78, 5) is 2.70. The van der Waals surface area contributed by atoms with Gasteiger partial charge in [0.1, 0.15) is 0 Å². The van der Waals surface area contributed by atoms with Crippen LogP contribution in [0, 0.1) is 12.8 Å². The molecule has 0 radical (unpaired) electrons. The maximum Gasteiger partial charge on any atom is 0.0433 e. The number of nitrogens with zero attached hydrogens (tertiary/aromatic N) is 1. The molecular weight excluding hydrogens is 338 g/mol. The van der Waals surface area contributed by atoms with Gasteiger partial charge in [-0.3, -0.25) is 0 Å². The van der Waals surface area contributed by atoms with Gasteiger partial charge >= 0.3 is 0 Å². The maximum atomic E-state index is 2.70. The van der Waals surface area contributed by atoms with E-state index in [1.807, 2.05) is 0 Å². The van der Waals surface area contributed by atoms with Gasteiger partial charge < -0.3 is 4.90 Å². The zero-order valence-electron chi connectivity index (χ0n) is 19.1. The Labute approximate surface area is 173 Å². The van der Waals surface area contributed by atoms with Crippen molar-refractivity contribution in [3.8, 4) is 0 Å². The van der Waals surface area contributed by atoms with E-state index in [1.54, 1.807) is 0 Å². The summed E-state index contributed by atoms with van der Waals surface area (Å²) in [5.74, 6) is 0.709. The Morgan fingerprint density at radius 1 is 1.00 bits per heavy atom. The molecule has 2 aromatic rings. The van der Waals surface area contributed by atoms with Gasteiger partial charge in [-0.15, -0.1) is 0 Å². The molecule has 0 aromatic heterocycles. The SMILES string of the molecule is CCCc1cccc(C)c1N1CC(C)(c2ccc(CC(C)C)cc2)CC1(C)C. The van der Waals surface area contributed by atoms with Crippen LogP contribution in [-0.4, -0.2) is 12.1 Å². The molecule has 1 fully saturated rings. The molecule has 1 aliphatic heterocycles. The van der Waals surface area contributed by atoms with E-state index in [-0.39, 0.29) is 11.0 Å². The fourth-order valence-corrected chi connectivity index (χ4v) is 5.34. The minimum absolute atomic E-state index is 0.153. The van der Waals surface area contributed by atoms with Gasteiger partial charge in [0.25, 0.3) is 0 Å². The van der Waals surface area contributed by atoms with Crippen LogP contribution >= 0.6 is 0 Å². The topological polar surface area (TPSA) is 3.24 Å². The third kappa shape index (κ3) is 4.14. The van der Waals surface area contributed by atoms with Crippen LogP contribution in [0.3, 0.4) is 0 Å². The van der Waals surface area contributed by atoms with Crippen LogP contribution in [0.15, 0.2) is 42.5 Å². The molecule has 2 aromatic carbocycles. The number of hydrogen-bond acceptors (Lipinski definition) is 1. The van der Waals surface area contributed by atoms with E-state index in [0.29, 0.717) is 5.92 Å². The fourth-order valence-electron chi connectivity index (χ4n) is 5.34. The van der Waals surface area contributed by atoms with Crippen molar-refractivity contribution in [2.75, 3.05) is 11.4 Å². The highest BCUT2D eigenvalue weighted by atomic mass is 15.2. The Morgan fingerprint density at radius 2 is 1.68 bits per heavy atom. The Hall–Kier alpha value is -1.76. The van der Waals surface area contributed by atoms with E-state index >= 15 is 0 Å². The lowest BCUT2D eigenvalue weighted by molar-refractivity contribution is 0.444. The van der Waals surface area contributed by atoms with Gasteiger partial charge in [0.15, 0.2) is 0 Å². The Balaban J connectivity index is 1.94. The number of anilines is 1. The molecule has 0 aliphatic carbocycles. The number of aryl methyl sites for hydroxylation is 2. The van der Waals surface area contributed by atoms with E-state index in [0.717, 1.165) is 19.4 Å². The molecule has 1 atom stereocenters. The molecule has 0 bridgehead atoms. The van der Waals surface area contributed by atoms with Gasteiger partial charge in [-0.05, 0) is 68.2 Å². The Kier molecular flexibility index (Phi) is 5.94. The molecule has 0 N–H and O–H groups in total. The monoisotopic (exact) mass is 377 g/mol. The van der Waals surface area contributed by atoms with Crippen molar-refractivity contribution in [3.05, 3.63) is 64.7 Å². The average molecular weight is 378 g/mol. The van der Waals surface area contributed by atoms with Crippen molar-refractivity contribution < 1.29 is 0 Å². The normalized spacial score (nSPS) is 21.5. The van der Waals surface area contributed by atoms with Crippen LogP contribution in [-0.2, 0) is 18.3 Å². The first kappa shape index (κ1) is 21.0. The highest BCUT2D eigenvalue weighted by Crippen LogP contribution is 2.47. The van der Waals surface area contributed by atoms with Gasteiger partial charge in [-0.25, -0.2) is 0 Å². The van der Waals surface area contributed by atoms with Crippen molar-refractivity contribution in [2.24, 2.45) is 5.92 Å². The minimum Gasteiger partial charge on any atom is -0.365 e. The second-order valence-corrected chi connectivity index (χ2v) is 10.3. The van der Waals surface area contributed by atoms with Crippen LogP contribution in [0.2, 0.25) is 0 Å². The van der Waals surface area contributed by atoms with Crippen LogP contribution < -0.4 is 4.90 Å². The number of para-hydroxylation sites is 1. The number of hydrogen-bond donors (Lipinski definition) is 0. The quantitative estimate of drug-likeness (QED) is 0.519. The summed E-state index contributed by atoms with van der Waals surface area (Å²) in [7, 11) is 0. The van der Waals surface area contributed by atoms with Crippen molar-refractivity contribution in [3.63, 3.8) is 0 Å². The van der Waals surface area contributed by atoms with Crippen molar-refractivity contribution in [2.45, 2.75) is 85.1 Å². The number of rotatable bonds is 6. The predicted octanol–water partition coefficient (Wildman–Crippen LogP) is 7.09. The van der Waals surface area contributed by atoms with Crippen LogP contribution in [0.25, 0.3) is 0 Å². The lowest BCUT2D eigenvalue weighted by Gasteiger charge is -2.36. The lowest BCUT2D eigenvalue weighted by atomic mass is 9.77. The van der Waals surface area contributed by atoms with E-state index < -0.39 is 0 Å². The summed E-state index contributed by atoms with van der Waals surface area (Å²) in [5, 5.41) is 0. The van der Waals surface area contributed by atoms with E-state index in [9.17, 15) is 0 Å². The summed E-state index contributed by atoms with van der Waals surface area (Å²) in [6.07, 6.45) is 4.70. The zero-order valence-corrected chi connectivity index (χ0v) is 19.1. The first-order valence-corrected chi connectivity index (χ1v) is 11.1.